The normalized spacial score (nSPS) is 10.9. The maximum Gasteiger partial charge on any atom is 0.410 e. The summed E-state index contributed by atoms with van der Waals surface area (Å²) in [6, 6.07) is 18.6. The molecule has 138 valence electrons. The highest BCUT2D eigenvalue weighted by Gasteiger charge is 2.24. The Morgan fingerprint density at radius 1 is 0.923 bits per heavy atom. The molecular formula is C21H25NO4. The van der Waals surface area contributed by atoms with Gasteiger partial charge < -0.3 is 9.47 Å². The first kappa shape index (κ1) is 19.5. The van der Waals surface area contributed by atoms with E-state index in [1.807, 2.05) is 48.5 Å². The minimum Gasteiger partial charge on any atom is -0.486 e. The summed E-state index contributed by atoms with van der Waals surface area (Å²) in [4.78, 5) is 26.2. The van der Waals surface area contributed by atoms with Gasteiger partial charge in [0.05, 0.1) is 6.54 Å². The number of rotatable bonds is 7. The van der Waals surface area contributed by atoms with Crippen LogP contribution in [0.5, 0.6) is 5.75 Å². The Morgan fingerprint density at radius 2 is 1.50 bits per heavy atom. The summed E-state index contributed by atoms with van der Waals surface area (Å²) < 4.78 is 10.9. The third-order valence-corrected chi connectivity index (χ3v) is 3.38. The summed E-state index contributed by atoms with van der Waals surface area (Å²) in [5.41, 5.74) is 0.297. The zero-order valence-electron chi connectivity index (χ0n) is 15.5. The van der Waals surface area contributed by atoms with Crippen LogP contribution in [0, 0.1) is 0 Å². The van der Waals surface area contributed by atoms with E-state index in [0.717, 1.165) is 5.56 Å². The molecule has 0 radical (unpaired) electrons. The molecule has 0 fully saturated rings. The molecule has 0 bridgehead atoms. The average Bonchev–Trinajstić information content (AvgIpc) is 2.60. The largest absolute Gasteiger partial charge is 0.486 e. The van der Waals surface area contributed by atoms with E-state index in [9.17, 15) is 9.59 Å². The van der Waals surface area contributed by atoms with E-state index in [4.69, 9.17) is 9.47 Å². The lowest BCUT2D eigenvalue weighted by molar-refractivity contribution is -0.122. The highest BCUT2D eigenvalue weighted by Crippen LogP contribution is 2.13. The van der Waals surface area contributed by atoms with Gasteiger partial charge in [-0.15, -0.1) is 0 Å². The van der Waals surface area contributed by atoms with Crippen LogP contribution in [0.15, 0.2) is 60.7 Å². The van der Waals surface area contributed by atoms with Gasteiger partial charge in [0.2, 0.25) is 0 Å². The predicted octanol–water partition coefficient (Wildman–Crippen LogP) is 4.07. The van der Waals surface area contributed by atoms with Crippen LogP contribution < -0.4 is 4.74 Å². The number of amides is 1. The first-order valence-electron chi connectivity index (χ1n) is 8.55. The molecule has 0 saturated heterocycles. The molecule has 0 N–H and O–H groups in total. The van der Waals surface area contributed by atoms with Gasteiger partial charge in [0.25, 0.3) is 0 Å². The van der Waals surface area contributed by atoms with E-state index in [0.29, 0.717) is 12.3 Å². The van der Waals surface area contributed by atoms with Gasteiger partial charge in [0, 0.05) is 6.54 Å². The molecule has 5 nitrogen and oxygen atoms in total. The Hall–Kier alpha value is -2.82. The van der Waals surface area contributed by atoms with Crippen molar-refractivity contribution in [3.8, 4) is 5.75 Å². The van der Waals surface area contributed by atoms with Crippen molar-refractivity contribution in [1.29, 1.82) is 0 Å². The SMILES string of the molecule is CC(C)(C)OC(=O)N(CC(=O)COc1ccccc1)Cc1ccccc1. The van der Waals surface area contributed by atoms with Crippen LogP contribution in [-0.4, -0.2) is 35.5 Å². The average molecular weight is 355 g/mol. The fourth-order valence-electron chi connectivity index (χ4n) is 2.25. The van der Waals surface area contributed by atoms with Gasteiger partial charge in [-0.25, -0.2) is 4.79 Å². The van der Waals surface area contributed by atoms with Crippen LogP contribution in [0.1, 0.15) is 26.3 Å². The lowest BCUT2D eigenvalue weighted by Gasteiger charge is -2.27. The van der Waals surface area contributed by atoms with E-state index < -0.39 is 11.7 Å². The van der Waals surface area contributed by atoms with Gasteiger partial charge in [-0.05, 0) is 38.5 Å². The smallest absolute Gasteiger partial charge is 0.410 e. The van der Waals surface area contributed by atoms with Gasteiger partial charge in [-0.3, -0.25) is 9.69 Å². The van der Waals surface area contributed by atoms with E-state index in [1.54, 1.807) is 32.9 Å². The van der Waals surface area contributed by atoms with Gasteiger partial charge in [-0.1, -0.05) is 48.5 Å². The molecule has 2 rings (SSSR count). The van der Waals surface area contributed by atoms with E-state index in [1.165, 1.54) is 4.90 Å². The number of para-hydroxylation sites is 1. The van der Waals surface area contributed by atoms with Crippen LogP contribution in [0.25, 0.3) is 0 Å². The summed E-state index contributed by atoms with van der Waals surface area (Å²) in [5, 5.41) is 0. The van der Waals surface area contributed by atoms with Crippen molar-refractivity contribution in [1.82, 2.24) is 4.90 Å². The Balaban J connectivity index is 2.00. The Morgan fingerprint density at radius 3 is 2.08 bits per heavy atom. The first-order chi connectivity index (χ1) is 12.3. The molecule has 0 unspecified atom stereocenters. The van der Waals surface area contributed by atoms with Crippen molar-refractivity contribution >= 4 is 11.9 Å². The third kappa shape index (κ3) is 6.97. The van der Waals surface area contributed by atoms with Crippen molar-refractivity contribution in [2.75, 3.05) is 13.2 Å². The van der Waals surface area contributed by atoms with E-state index in [2.05, 4.69) is 0 Å². The van der Waals surface area contributed by atoms with Crippen LogP contribution in [0.2, 0.25) is 0 Å². The van der Waals surface area contributed by atoms with Crippen LogP contribution >= 0.6 is 0 Å². The zero-order chi connectivity index (χ0) is 19.0. The van der Waals surface area contributed by atoms with E-state index >= 15 is 0 Å². The predicted molar refractivity (Wildman–Crippen MR) is 100 cm³/mol. The second-order valence-electron chi connectivity index (χ2n) is 6.96. The molecule has 2 aromatic carbocycles. The number of hydrogen-bond acceptors (Lipinski definition) is 4. The van der Waals surface area contributed by atoms with Gasteiger partial charge >= 0.3 is 6.09 Å². The van der Waals surface area contributed by atoms with Gasteiger partial charge in [-0.2, -0.15) is 0 Å². The Kier molecular flexibility index (Phi) is 6.78. The molecule has 0 aliphatic rings. The number of ketones is 1. The molecule has 0 aliphatic heterocycles. The number of nitrogens with zero attached hydrogens (tertiary/aromatic N) is 1. The maximum atomic E-state index is 12.5. The minimum absolute atomic E-state index is 0.0728. The number of carbonyl (C=O) groups excluding carboxylic acids is 2. The highest BCUT2D eigenvalue weighted by atomic mass is 16.6. The van der Waals surface area contributed by atoms with Gasteiger partial charge in [0.15, 0.2) is 5.78 Å². The second kappa shape index (κ2) is 9.04. The second-order valence-corrected chi connectivity index (χ2v) is 6.96. The molecule has 0 heterocycles. The molecule has 0 aromatic heterocycles. The van der Waals surface area contributed by atoms with Crippen molar-refractivity contribution in [3.05, 3.63) is 66.2 Å². The lowest BCUT2D eigenvalue weighted by Crippen LogP contribution is -2.40. The molecule has 0 aliphatic carbocycles. The number of Topliss-reactive ketones (excluding diaryl/α,β-unsaturated/α-hetero) is 1. The summed E-state index contributed by atoms with van der Waals surface area (Å²) >= 11 is 0. The topological polar surface area (TPSA) is 55.8 Å². The van der Waals surface area contributed by atoms with Crippen LogP contribution in [0.3, 0.4) is 0 Å². The molecule has 2 aromatic rings. The lowest BCUT2D eigenvalue weighted by atomic mass is 10.2. The zero-order valence-corrected chi connectivity index (χ0v) is 15.5. The number of ether oxygens (including phenoxy) is 2. The minimum atomic E-state index is -0.629. The summed E-state index contributed by atoms with van der Waals surface area (Å²) in [7, 11) is 0. The monoisotopic (exact) mass is 355 g/mol. The molecule has 1 amide bonds. The van der Waals surface area contributed by atoms with Crippen molar-refractivity contribution < 1.29 is 19.1 Å². The summed E-state index contributed by atoms with van der Waals surface area (Å²) in [5.74, 6) is 0.420. The van der Waals surface area contributed by atoms with Crippen molar-refractivity contribution in [2.45, 2.75) is 32.9 Å². The fourth-order valence-corrected chi connectivity index (χ4v) is 2.25. The summed E-state index contributed by atoms with van der Waals surface area (Å²) in [6.45, 7) is 5.52. The van der Waals surface area contributed by atoms with E-state index in [-0.39, 0.29) is 18.9 Å². The first-order valence-corrected chi connectivity index (χ1v) is 8.55. The molecular weight excluding hydrogens is 330 g/mol. The van der Waals surface area contributed by atoms with Crippen LogP contribution in [0.4, 0.5) is 4.79 Å². The van der Waals surface area contributed by atoms with Crippen molar-refractivity contribution in [3.63, 3.8) is 0 Å². The maximum absolute atomic E-state index is 12.5. The molecule has 5 heteroatoms. The molecule has 0 spiro atoms. The molecule has 26 heavy (non-hydrogen) atoms. The van der Waals surface area contributed by atoms with Crippen LogP contribution in [-0.2, 0) is 16.1 Å². The highest BCUT2D eigenvalue weighted by molar-refractivity contribution is 5.85. The van der Waals surface area contributed by atoms with Gasteiger partial charge in [0.1, 0.15) is 18.0 Å². The Labute approximate surface area is 154 Å². The Bertz CT molecular complexity index is 708. The number of benzene rings is 2. The standard InChI is InChI=1S/C21H25NO4/c1-21(2,3)26-20(24)22(14-17-10-6-4-7-11-17)15-18(23)16-25-19-12-8-5-9-13-19/h4-13H,14-16H2,1-3H3. The number of hydrogen-bond donors (Lipinski definition) is 0. The molecule has 0 saturated carbocycles. The summed E-state index contributed by atoms with van der Waals surface area (Å²) in [6.07, 6.45) is -0.519. The third-order valence-electron chi connectivity index (χ3n) is 3.38. The van der Waals surface area contributed by atoms with Crippen molar-refractivity contribution in [2.24, 2.45) is 0 Å². The fraction of sp³-hybridized carbons (Fsp3) is 0.333. The quantitative estimate of drug-likeness (QED) is 0.751. The molecule has 0 atom stereocenters. The number of carbonyl (C=O) groups is 2.